The molecule has 210 valence electrons. The van der Waals surface area contributed by atoms with Crippen LogP contribution in [0.4, 0.5) is 4.79 Å². The fourth-order valence-electron chi connectivity index (χ4n) is 5.97. The van der Waals surface area contributed by atoms with Crippen LogP contribution in [0, 0.1) is 17.8 Å². The van der Waals surface area contributed by atoms with Crippen LogP contribution in [0.3, 0.4) is 0 Å². The van der Waals surface area contributed by atoms with E-state index >= 15 is 0 Å². The molecule has 41 heavy (non-hydrogen) atoms. The number of esters is 1. The number of benzene rings is 3. The second-order valence-electron chi connectivity index (χ2n) is 11.0. The van der Waals surface area contributed by atoms with Crippen LogP contribution < -0.4 is 0 Å². The first-order valence-corrected chi connectivity index (χ1v) is 14.6. The van der Waals surface area contributed by atoms with Crippen molar-refractivity contribution in [3.05, 3.63) is 95.1 Å². The Bertz CT molecular complexity index is 1450. The van der Waals surface area contributed by atoms with Gasteiger partial charge in [-0.2, -0.15) is 0 Å². The second-order valence-corrected chi connectivity index (χ2v) is 11.0. The Hall–Kier alpha value is -4.08. The van der Waals surface area contributed by atoms with Gasteiger partial charge in [0, 0.05) is 30.4 Å². The van der Waals surface area contributed by atoms with Crippen LogP contribution in [-0.2, 0) is 14.2 Å². The zero-order valence-electron chi connectivity index (χ0n) is 23.5. The monoisotopic (exact) mass is 549 g/mol. The van der Waals surface area contributed by atoms with Gasteiger partial charge < -0.3 is 19.1 Å². The Morgan fingerprint density at radius 1 is 0.902 bits per heavy atom. The number of hydrogen-bond acceptors (Lipinski definition) is 5. The lowest BCUT2D eigenvalue weighted by Gasteiger charge is -2.39. The number of ether oxygens (including phenoxy) is 3. The van der Waals surface area contributed by atoms with Crippen molar-refractivity contribution in [1.82, 2.24) is 4.90 Å². The number of hydrogen-bond donors (Lipinski definition) is 0. The highest BCUT2D eigenvalue weighted by Gasteiger charge is 2.37. The molecule has 1 amide bonds. The molecule has 0 N–H and O–H groups in total. The van der Waals surface area contributed by atoms with Crippen molar-refractivity contribution in [2.45, 2.75) is 63.9 Å². The summed E-state index contributed by atoms with van der Waals surface area (Å²) in [5, 5.41) is 0. The molecule has 0 radical (unpaired) electrons. The molecular weight excluding hydrogens is 514 g/mol. The summed E-state index contributed by atoms with van der Waals surface area (Å²) in [6, 6.07) is 23.7. The normalized spacial score (nSPS) is 21.2. The van der Waals surface area contributed by atoms with Gasteiger partial charge in [-0.1, -0.05) is 72.5 Å². The van der Waals surface area contributed by atoms with Gasteiger partial charge in [0.15, 0.2) is 0 Å². The molecule has 6 heteroatoms. The predicted molar refractivity (Wildman–Crippen MR) is 156 cm³/mol. The van der Waals surface area contributed by atoms with E-state index < -0.39 is 12.3 Å². The molecule has 3 aromatic carbocycles. The summed E-state index contributed by atoms with van der Waals surface area (Å²) in [5.41, 5.74) is 5.90. The first-order valence-electron chi connectivity index (χ1n) is 14.6. The van der Waals surface area contributed by atoms with Gasteiger partial charge in [-0.15, -0.1) is 0 Å². The molecule has 3 aromatic rings. The molecule has 6 nitrogen and oxygen atoms in total. The van der Waals surface area contributed by atoms with Crippen molar-refractivity contribution < 1.29 is 23.8 Å². The maximum absolute atomic E-state index is 13.3. The topological polar surface area (TPSA) is 65.1 Å². The molecule has 0 bridgehead atoms. The quantitative estimate of drug-likeness (QED) is 0.251. The van der Waals surface area contributed by atoms with Crippen molar-refractivity contribution >= 4 is 12.1 Å². The lowest BCUT2D eigenvalue weighted by molar-refractivity contribution is -0.180. The highest BCUT2D eigenvalue weighted by atomic mass is 16.7. The van der Waals surface area contributed by atoms with Crippen molar-refractivity contribution in [1.29, 1.82) is 0 Å². The first kappa shape index (κ1) is 27.1. The van der Waals surface area contributed by atoms with E-state index in [2.05, 4.69) is 36.1 Å². The van der Waals surface area contributed by atoms with Gasteiger partial charge in [-0.05, 0) is 67.5 Å². The zero-order valence-corrected chi connectivity index (χ0v) is 23.5. The minimum atomic E-state index is -0.681. The van der Waals surface area contributed by atoms with Gasteiger partial charge in [0.1, 0.15) is 6.61 Å². The molecule has 2 fully saturated rings. The summed E-state index contributed by atoms with van der Waals surface area (Å²) < 4.78 is 17.8. The first-order chi connectivity index (χ1) is 20.0. The van der Waals surface area contributed by atoms with Crippen LogP contribution in [-0.4, -0.2) is 48.5 Å². The number of nitrogens with zero attached hydrogens (tertiary/aromatic N) is 1. The Morgan fingerprint density at radius 3 is 2.22 bits per heavy atom. The smallest absolute Gasteiger partial charge is 0.410 e. The third-order valence-electron chi connectivity index (χ3n) is 8.29. The van der Waals surface area contributed by atoms with Crippen LogP contribution in [0.5, 0.6) is 0 Å². The molecule has 1 aliphatic heterocycles. The molecule has 2 unspecified atom stereocenters. The molecule has 1 heterocycles. The van der Waals surface area contributed by atoms with Gasteiger partial charge in [-0.25, -0.2) is 9.59 Å². The van der Waals surface area contributed by atoms with Crippen molar-refractivity contribution in [3.8, 4) is 23.0 Å². The predicted octanol–water partition coefficient (Wildman–Crippen LogP) is 6.77. The lowest BCUT2D eigenvalue weighted by Crippen LogP contribution is -2.51. The minimum absolute atomic E-state index is 0.00530. The number of likely N-dealkylation sites (N-methyl/N-ethyl adjacent to an activating group) is 1. The van der Waals surface area contributed by atoms with Crippen molar-refractivity contribution in [3.63, 3.8) is 0 Å². The van der Waals surface area contributed by atoms with Crippen molar-refractivity contribution in [2.24, 2.45) is 5.92 Å². The van der Waals surface area contributed by atoms with Crippen LogP contribution in [0.25, 0.3) is 11.1 Å². The van der Waals surface area contributed by atoms with E-state index in [0.717, 1.165) is 12.8 Å². The Morgan fingerprint density at radius 2 is 1.56 bits per heavy atom. The highest BCUT2D eigenvalue weighted by molar-refractivity contribution is 5.92. The van der Waals surface area contributed by atoms with Gasteiger partial charge in [0.2, 0.25) is 6.29 Å². The van der Waals surface area contributed by atoms with Crippen LogP contribution in [0.1, 0.15) is 72.5 Å². The highest BCUT2D eigenvalue weighted by Crippen LogP contribution is 2.44. The Balaban J connectivity index is 1.07. The maximum Gasteiger partial charge on any atom is 0.410 e. The third kappa shape index (κ3) is 5.73. The summed E-state index contributed by atoms with van der Waals surface area (Å²) in [4.78, 5) is 28.1. The summed E-state index contributed by atoms with van der Waals surface area (Å²) in [6.07, 6.45) is 2.02. The summed E-state index contributed by atoms with van der Waals surface area (Å²) in [5.74, 6) is 6.36. The van der Waals surface area contributed by atoms with Gasteiger partial charge in [0.05, 0.1) is 17.7 Å². The largest absolute Gasteiger partial charge is 0.448 e. The van der Waals surface area contributed by atoms with Gasteiger partial charge >= 0.3 is 12.1 Å². The van der Waals surface area contributed by atoms with Crippen LogP contribution in [0.2, 0.25) is 0 Å². The van der Waals surface area contributed by atoms with E-state index in [1.807, 2.05) is 56.3 Å². The molecule has 1 saturated heterocycles. The molecule has 1 saturated carbocycles. The number of carbonyl (C=O) groups excluding carboxylic acids is 2. The van der Waals surface area contributed by atoms with Gasteiger partial charge in [0.25, 0.3) is 0 Å². The third-order valence-corrected chi connectivity index (χ3v) is 8.29. The molecule has 3 atom stereocenters. The van der Waals surface area contributed by atoms with E-state index in [1.54, 1.807) is 11.0 Å². The summed E-state index contributed by atoms with van der Waals surface area (Å²) in [6.45, 7) is 4.63. The number of amides is 1. The Labute approximate surface area is 241 Å². The maximum atomic E-state index is 13.3. The fraction of sp³-hybridized carbons (Fsp3) is 0.371. The molecular formula is C35H35NO5. The molecule has 0 spiro atoms. The summed E-state index contributed by atoms with van der Waals surface area (Å²) >= 11 is 0. The fourth-order valence-corrected chi connectivity index (χ4v) is 5.97. The lowest BCUT2D eigenvalue weighted by atomic mass is 9.98. The molecule has 6 rings (SSSR count). The standard InChI is InChI=1S/C35H35NO5/c1-3-36(35(38)39-22-31-29-14-8-6-12-27(29)28-13-7-9-15-30(28)31)32-20-21-33(40-23(32)2)41-34(37)26-11-5-4-10-25(26)19-18-24-16-17-24/h4-15,23-24,31-33H,3,16-17,20-22H2,1-2H3/t23?,32-,33?/m1/s1. The molecule has 0 aromatic heterocycles. The van der Waals surface area contributed by atoms with Crippen LogP contribution in [0.15, 0.2) is 72.8 Å². The number of rotatable bonds is 6. The average molecular weight is 550 g/mol. The van der Waals surface area contributed by atoms with Crippen LogP contribution >= 0.6 is 0 Å². The second kappa shape index (κ2) is 11.8. The van der Waals surface area contributed by atoms with E-state index in [4.69, 9.17) is 14.2 Å². The number of carbonyl (C=O) groups is 2. The summed E-state index contributed by atoms with van der Waals surface area (Å²) in [7, 11) is 0. The van der Waals surface area contributed by atoms with E-state index in [9.17, 15) is 9.59 Å². The van der Waals surface area contributed by atoms with E-state index in [0.29, 0.717) is 36.4 Å². The van der Waals surface area contributed by atoms with E-state index in [-0.39, 0.29) is 30.8 Å². The minimum Gasteiger partial charge on any atom is -0.448 e. The number of fused-ring (bicyclic) bond motifs is 3. The molecule has 3 aliphatic rings. The van der Waals surface area contributed by atoms with Gasteiger partial charge in [-0.3, -0.25) is 0 Å². The van der Waals surface area contributed by atoms with Crippen molar-refractivity contribution in [2.75, 3.05) is 13.2 Å². The zero-order chi connectivity index (χ0) is 28.3. The average Bonchev–Trinajstić information content (AvgIpc) is 3.77. The molecule has 2 aliphatic carbocycles. The SMILES string of the molecule is CCN(C(=O)OCC1c2ccccc2-c2ccccc21)[C@@H]1CCC(OC(=O)c2ccccc2C#CC2CC2)OC1C. The van der Waals surface area contributed by atoms with E-state index in [1.165, 1.54) is 22.3 Å². The Kier molecular flexibility index (Phi) is 7.80.